The van der Waals surface area contributed by atoms with Crippen LogP contribution in [-0.4, -0.2) is 80.9 Å². The second-order valence-corrected chi connectivity index (χ2v) is 6.26. The van der Waals surface area contributed by atoms with E-state index in [4.69, 9.17) is 4.74 Å². The molecule has 9 nitrogen and oxygen atoms in total. The summed E-state index contributed by atoms with van der Waals surface area (Å²) in [5, 5.41) is 29.2. The predicted octanol–water partition coefficient (Wildman–Crippen LogP) is -4.36. The Bertz CT molecular complexity index is 689. The Morgan fingerprint density at radius 2 is 1.87 bits per heavy atom. The van der Waals surface area contributed by atoms with Crippen LogP contribution in [0.4, 0.5) is 5.82 Å². The number of nitrogens with zero attached hydrogens (tertiary/aromatic N) is 5. The molecule has 0 radical (unpaired) electrons. The standard InChI is InChI=1S/C13H20N5O4.ClH/c1-18(2,3)12-8-11(14-5-15-12)17(6-16-8)13-10(21)9(20)7(4-19)22-13;/h5-7,9-10,13,19-21H,4H2,1-3H3;1H/q+1;/p-1/t7-,9-,10-,13-;/m1./s1. The maximum Gasteiger partial charge on any atom is 0.258 e. The summed E-state index contributed by atoms with van der Waals surface area (Å²) < 4.78 is 7.54. The van der Waals surface area contributed by atoms with Crippen molar-refractivity contribution in [3.8, 4) is 0 Å². The molecule has 2 aromatic heterocycles. The molecule has 0 saturated carbocycles. The number of aliphatic hydroxyl groups excluding tert-OH is 3. The zero-order valence-corrected chi connectivity index (χ0v) is 13.8. The second kappa shape index (κ2) is 6.27. The van der Waals surface area contributed by atoms with Gasteiger partial charge in [-0.15, -0.1) is 0 Å². The van der Waals surface area contributed by atoms with E-state index in [-0.39, 0.29) is 19.0 Å². The number of halogens is 1. The Hall–Kier alpha value is -1.36. The monoisotopic (exact) mass is 345 g/mol. The average molecular weight is 346 g/mol. The van der Waals surface area contributed by atoms with Gasteiger partial charge in [-0.05, 0) is 0 Å². The SMILES string of the molecule is C[N+](C)(C)c1ncnc2c1ncn2[C@@H]1O[C@H](CO)[C@@H](O)[C@H]1O.[Cl-]. The molecule has 10 heteroatoms. The molecule has 2 aromatic rings. The van der Waals surface area contributed by atoms with E-state index in [1.165, 1.54) is 12.7 Å². The minimum atomic E-state index is -1.17. The number of fused-ring (bicyclic) bond motifs is 1. The fraction of sp³-hybridized carbons (Fsp3) is 0.615. The number of aliphatic hydroxyl groups is 3. The van der Waals surface area contributed by atoms with Crippen LogP contribution in [0.25, 0.3) is 11.2 Å². The molecule has 128 valence electrons. The van der Waals surface area contributed by atoms with Crippen molar-refractivity contribution in [2.24, 2.45) is 0 Å². The maximum absolute atomic E-state index is 10.1. The van der Waals surface area contributed by atoms with Crippen LogP contribution in [-0.2, 0) is 4.74 Å². The van der Waals surface area contributed by atoms with Crippen LogP contribution in [0.15, 0.2) is 12.7 Å². The summed E-state index contributed by atoms with van der Waals surface area (Å²) in [6, 6.07) is 0. The zero-order chi connectivity index (χ0) is 16.1. The molecule has 0 aromatic carbocycles. The Labute approximate surface area is 139 Å². The van der Waals surface area contributed by atoms with Crippen molar-refractivity contribution in [3.05, 3.63) is 12.7 Å². The molecule has 1 aliphatic rings. The summed E-state index contributed by atoms with van der Waals surface area (Å²) in [5.41, 5.74) is 1.11. The third-order valence-corrected chi connectivity index (χ3v) is 3.77. The number of hydrogen-bond donors (Lipinski definition) is 3. The van der Waals surface area contributed by atoms with E-state index in [0.29, 0.717) is 15.6 Å². The van der Waals surface area contributed by atoms with Gasteiger partial charge in [-0.25, -0.2) is 9.97 Å². The highest BCUT2D eigenvalue weighted by Gasteiger charge is 2.44. The van der Waals surface area contributed by atoms with Gasteiger partial charge in [-0.3, -0.25) is 9.05 Å². The van der Waals surface area contributed by atoms with Crippen molar-refractivity contribution in [2.75, 3.05) is 27.7 Å². The van der Waals surface area contributed by atoms with Crippen LogP contribution in [0.2, 0.25) is 0 Å². The molecule has 0 aliphatic carbocycles. The molecule has 0 unspecified atom stereocenters. The van der Waals surface area contributed by atoms with Gasteiger partial charge in [0.1, 0.15) is 24.6 Å². The molecule has 1 saturated heterocycles. The highest BCUT2D eigenvalue weighted by molar-refractivity contribution is 5.81. The number of imidazole rings is 1. The molecule has 0 spiro atoms. The van der Waals surface area contributed by atoms with Crippen LogP contribution < -0.4 is 16.9 Å². The van der Waals surface area contributed by atoms with Gasteiger partial charge >= 0.3 is 0 Å². The lowest BCUT2D eigenvalue weighted by atomic mass is 10.1. The summed E-state index contributed by atoms with van der Waals surface area (Å²) >= 11 is 0. The third-order valence-electron chi connectivity index (χ3n) is 3.77. The number of rotatable bonds is 3. The number of hydrogen-bond acceptors (Lipinski definition) is 7. The van der Waals surface area contributed by atoms with Gasteiger partial charge in [-0.2, -0.15) is 4.98 Å². The molecule has 3 rings (SSSR count). The first-order valence-electron chi connectivity index (χ1n) is 6.96. The van der Waals surface area contributed by atoms with Crippen LogP contribution in [0.3, 0.4) is 0 Å². The Balaban J connectivity index is 0.00000192. The fourth-order valence-corrected chi connectivity index (χ4v) is 2.63. The molecule has 1 fully saturated rings. The van der Waals surface area contributed by atoms with Crippen LogP contribution in [0.1, 0.15) is 6.23 Å². The summed E-state index contributed by atoms with van der Waals surface area (Å²) in [6.45, 7) is -0.375. The molecular formula is C13H20ClN5O4. The highest BCUT2D eigenvalue weighted by atomic mass is 35.5. The van der Waals surface area contributed by atoms with Gasteiger partial charge in [0.2, 0.25) is 0 Å². The average Bonchev–Trinajstić information content (AvgIpc) is 3.00. The third kappa shape index (κ3) is 2.91. The van der Waals surface area contributed by atoms with Crippen molar-refractivity contribution < 1.29 is 32.5 Å². The first-order valence-corrected chi connectivity index (χ1v) is 6.96. The number of aromatic nitrogens is 4. The second-order valence-electron chi connectivity index (χ2n) is 6.26. The lowest BCUT2D eigenvalue weighted by Gasteiger charge is -2.22. The van der Waals surface area contributed by atoms with Gasteiger partial charge in [-0.1, -0.05) is 0 Å². The lowest BCUT2D eigenvalue weighted by molar-refractivity contribution is -0.0511. The van der Waals surface area contributed by atoms with Crippen LogP contribution in [0, 0.1) is 0 Å². The minimum Gasteiger partial charge on any atom is -1.00 e. The molecule has 1 aliphatic heterocycles. The Kier molecular flexibility index (Phi) is 4.90. The van der Waals surface area contributed by atoms with Crippen LogP contribution >= 0.6 is 0 Å². The van der Waals surface area contributed by atoms with E-state index in [2.05, 4.69) is 15.0 Å². The first-order chi connectivity index (χ1) is 10.3. The van der Waals surface area contributed by atoms with Gasteiger partial charge in [0.15, 0.2) is 17.4 Å². The lowest BCUT2D eigenvalue weighted by Crippen LogP contribution is -3.00. The molecule has 0 amide bonds. The van der Waals surface area contributed by atoms with Crippen molar-refractivity contribution in [3.63, 3.8) is 0 Å². The number of quaternary nitrogens is 1. The largest absolute Gasteiger partial charge is 1.00 e. The van der Waals surface area contributed by atoms with Crippen LogP contribution in [0.5, 0.6) is 0 Å². The van der Waals surface area contributed by atoms with Crippen molar-refractivity contribution in [1.82, 2.24) is 24.0 Å². The summed E-state index contributed by atoms with van der Waals surface area (Å²) in [5.74, 6) is 0.732. The summed E-state index contributed by atoms with van der Waals surface area (Å²) in [4.78, 5) is 12.8. The highest BCUT2D eigenvalue weighted by Crippen LogP contribution is 2.32. The van der Waals surface area contributed by atoms with Gasteiger partial charge < -0.3 is 32.5 Å². The molecule has 0 bridgehead atoms. The molecular weight excluding hydrogens is 326 g/mol. The summed E-state index contributed by atoms with van der Waals surface area (Å²) in [7, 11) is 5.90. The van der Waals surface area contributed by atoms with Gasteiger partial charge in [0, 0.05) is 0 Å². The smallest absolute Gasteiger partial charge is 0.258 e. The van der Waals surface area contributed by atoms with E-state index >= 15 is 0 Å². The zero-order valence-electron chi connectivity index (χ0n) is 13.0. The normalized spacial score (nSPS) is 28.1. The topological polar surface area (TPSA) is 114 Å². The van der Waals surface area contributed by atoms with E-state index < -0.39 is 24.5 Å². The quantitative estimate of drug-likeness (QED) is 0.482. The Morgan fingerprint density at radius 3 is 2.43 bits per heavy atom. The van der Waals surface area contributed by atoms with E-state index in [1.807, 2.05) is 21.1 Å². The van der Waals surface area contributed by atoms with Gasteiger partial charge in [0.05, 0.1) is 34.1 Å². The van der Waals surface area contributed by atoms with E-state index in [9.17, 15) is 15.3 Å². The summed E-state index contributed by atoms with van der Waals surface area (Å²) in [6.07, 6.45) is -1.09. The van der Waals surface area contributed by atoms with E-state index in [1.54, 1.807) is 4.57 Å². The fourth-order valence-electron chi connectivity index (χ4n) is 2.63. The molecule has 3 N–H and O–H groups in total. The Morgan fingerprint density at radius 1 is 1.17 bits per heavy atom. The van der Waals surface area contributed by atoms with E-state index in [0.717, 1.165) is 5.82 Å². The maximum atomic E-state index is 10.1. The first kappa shape index (κ1) is 18.0. The van der Waals surface area contributed by atoms with Crippen molar-refractivity contribution in [1.29, 1.82) is 0 Å². The molecule has 3 heterocycles. The van der Waals surface area contributed by atoms with Gasteiger partial charge in [0.25, 0.3) is 5.82 Å². The molecule has 4 atom stereocenters. The van der Waals surface area contributed by atoms with Crippen molar-refractivity contribution in [2.45, 2.75) is 24.5 Å². The van der Waals surface area contributed by atoms with Crippen molar-refractivity contribution >= 4 is 17.0 Å². The molecule has 23 heavy (non-hydrogen) atoms. The number of ether oxygens (including phenoxy) is 1. The minimum absolute atomic E-state index is 0. The predicted molar refractivity (Wildman–Crippen MR) is 77.9 cm³/mol.